The molecular formula is C6H8Cl2O2STi. The summed E-state index contributed by atoms with van der Waals surface area (Å²) in [5.41, 5.74) is 0. The van der Waals surface area contributed by atoms with Gasteiger partial charge in [0.1, 0.15) is 0 Å². The molecule has 0 aliphatic carbocycles. The largest absolute Gasteiger partial charge is 2.00 e. The van der Waals surface area contributed by atoms with Crippen LogP contribution in [0.1, 0.15) is 0 Å². The van der Waals surface area contributed by atoms with Crippen molar-refractivity contribution < 1.29 is 28.0 Å². The van der Waals surface area contributed by atoms with Crippen LogP contribution in [-0.4, -0.2) is 0 Å². The zero-order valence-corrected chi connectivity index (χ0v) is 10.1. The maximum absolute atomic E-state index is 4.89. The number of hydrogen-bond donors (Lipinski definition) is 0. The molecule has 0 N–H and O–H groups in total. The van der Waals surface area contributed by atoms with Crippen molar-refractivity contribution in [2.45, 2.75) is 0 Å². The van der Waals surface area contributed by atoms with Crippen LogP contribution in [-0.2, 0) is 28.0 Å². The van der Waals surface area contributed by atoms with E-state index in [1.54, 1.807) is 11.3 Å². The van der Waals surface area contributed by atoms with Crippen LogP contribution in [0.4, 0.5) is 0 Å². The van der Waals surface area contributed by atoms with Crippen molar-refractivity contribution >= 4 is 29.9 Å². The molecule has 12 heavy (non-hydrogen) atoms. The van der Waals surface area contributed by atoms with Crippen molar-refractivity contribution in [2.24, 2.45) is 0 Å². The van der Waals surface area contributed by atoms with Crippen LogP contribution in [0.2, 0.25) is 0 Å². The standard InChI is InChI=1S/C4H4S.C2H4.2ClH.2O.Ti/c1-2-4-5-3-1;1-2;;;;;/h1-4H;1-2H2;2*1H;;;/q;;;;2*-2;+6/p-2. The molecule has 1 aromatic heterocycles. The predicted octanol–water partition coefficient (Wildman–Crippen LogP) is 3.69. The van der Waals surface area contributed by atoms with Gasteiger partial charge in [0.2, 0.25) is 0 Å². The summed E-state index contributed by atoms with van der Waals surface area (Å²) >= 11 is 1.16. The number of rotatable bonds is 0. The minimum Gasteiger partial charge on any atom is -2.00 e. The summed E-state index contributed by atoms with van der Waals surface area (Å²) in [6.45, 7) is 6.00. The van der Waals surface area contributed by atoms with Gasteiger partial charge in [0.25, 0.3) is 0 Å². The molecule has 0 unspecified atom stereocenters. The molecule has 1 heterocycles. The molecule has 68 valence electrons. The molecule has 1 aromatic rings. The molecule has 0 atom stereocenters. The van der Waals surface area contributed by atoms with Gasteiger partial charge in [-0.25, -0.2) is 0 Å². The zero-order valence-electron chi connectivity index (χ0n) is 6.20. The van der Waals surface area contributed by atoms with Crippen LogP contribution in [0.5, 0.6) is 0 Å². The molecule has 0 saturated carbocycles. The summed E-state index contributed by atoms with van der Waals surface area (Å²) in [6, 6.07) is 4.04. The third kappa shape index (κ3) is 31.1. The van der Waals surface area contributed by atoms with Gasteiger partial charge in [-0.05, 0) is 10.8 Å². The van der Waals surface area contributed by atoms with E-state index >= 15 is 0 Å². The molecule has 0 radical (unpaired) electrons. The molecule has 0 aliphatic rings. The zero-order chi connectivity index (χ0) is 8.24. The fraction of sp³-hybridized carbons (Fsp3) is 0. The van der Waals surface area contributed by atoms with Gasteiger partial charge in [0.15, 0.2) is 0 Å². The van der Waals surface area contributed by atoms with Gasteiger partial charge in [-0.1, -0.05) is 12.1 Å². The van der Waals surface area contributed by atoms with Crippen molar-refractivity contribution in [3.63, 3.8) is 0 Å². The topological polar surface area (TPSA) is 57.0 Å². The Balaban J connectivity index is -0.0000000415. The van der Waals surface area contributed by atoms with Crippen LogP contribution < -0.4 is 0 Å². The Morgan fingerprint density at radius 1 is 1.00 bits per heavy atom. The fourth-order valence-corrected chi connectivity index (χ4v) is 0.680. The Hall–Kier alpha value is 0.654. The van der Waals surface area contributed by atoms with Crippen molar-refractivity contribution in [3.05, 3.63) is 36.1 Å². The van der Waals surface area contributed by atoms with Gasteiger partial charge >= 0.3 is 35.6 Å². The van der Waals surface area contributed by atoms with Crippen LogP contribution >= 0.6 is 29.9 Å². The summed E-state index contributed by atoms with van der Waals surface area (Å²) < 4.78 is 0. The van der Waals surface area contributed by atoms with E-state index in [0.29, 0.717) is 0 Å². The quantitative estimate of drug-likeness (QED) is 0.506. The van der Waals surface area contributed by atoms with E-state index in [1.807, 2.05) is 22.9 Å². The van der Waals surface area contributed by atoms with Gasteiger partial charge in [-0.2, -0.15) is 11.3 Å². The minimum atomic E-state index is -0.556. The maximum atomic E-state index is 4.89. The van der Waals surface area contributed by atoms with E-state index in [4.69, 9.17) is 18.6 Å². The molecule has 0 aliphatic heterocycles. The molecule has 6 heteroatoms. The monoisotopic (exact) mass is 262 g/mol. The van der Waals surface area contributed by atoms with E-state index in [2.05, 4.69) is 13.2 Å². The van der Waals surface area contributed by atoms with E-state index in [1.165, 1.54) is 0 Å². The van der Waals surface area contributed by atoms with E-state index in [9.17, 15) is 0 Å². The van der Waals surface area contributed by atoms with Crippen molar-refractivity contribution in [1.82, 2.24) is 0 Å². The fourth-order valence-electron chi connectivity index (χ4n) is 0.227. The molecule has 0 amide bonds. The average molecular weight is 263 g/mol. The molecule has 0 aromatic carbocycles. The number of hydrogen-bond acceptors (Lipinski definition) is 1. The average Bonchev–Trinajstić information content (AvgIpc) is 2.48. The van der Waals surface area contributed by atoms with E-state index in [-0.39, 0.29) is 11.0 Å². The second-order valence-corrected chi connectivity index (χ2v) is 4.26. The van der Waals surface area contributed by atoms with Gasteiger partial charge < -0.3 is 11.0 Å². The maximum Gasteiger partial charge on any atom is -0.00934 e. The summed E-state index contributed by atoms with van der Waals surface area (Å²) in [5.74, 6) is 0. The third-order valence-corrected chi connectivity index (χ3v) is 1.05. The molecule has 0 saturated heterocycles. The van der Waals surface area contributed by atoms with E-state index in [0.717, 1.165) is 0 Å². The Kier molecular flexibility index (Phi) is 57.1. The summed E-state index contributed by atoms with van der Waals surface area (Å²) in [4.78, 5) is 0. The third-order valence-electron chi connectivity index (χ3n) is 0.425. The Morgan fingerprint density at radius 3 is 1.33 bits per heavy atom. The second-order valence-electron chi connectivity index (χ2n) is 0.865. The Morgan fingerprint density at radius 2 is 1.25 bits per heavy atom. The smallest absolute Gasteiger partial charge is 0.00934 e. The second kappa shape index (κ2) is 29.9. The Bertz CT molecular complexity index is 101. The van der Waals surface area contributed by atoms with Crippen LogP contribution in [0.25, 0.3) is 0 Å². The van der Waals surface area contributed by atoms with Gasteiger partial charge in [0.05, 0.1) is 0 Å². The van der Waals surface area contributed by atoms with Crippen molar-refractivity contribution in [2.75, 3.05) is 0 Å². The van der Waals surface area contributed by atoms with Gasteiger partial charge in [-0.15, -0.1) is 13.2 Å². The summed E-state index contributed by atoms with van der Waals surface area (Å²) in [6.07, 6.45) is 0. The number of halogens is 2. The van der Waals surface area contributed by atoms with Crippen LogP contribution in [0, 0.1) is 0 Å². The number of thiophene rings is 1. The molecule has 1 rings (SSSR count). The summed E-state index contributed by atoms with van der Waals surface area (Å²) in [5, 5.41) is 4.08. The summed E-state index contributed by atoms with van der Waals surface area (Å²) in [7, 11) is 9.78. The first-order valence-corrected chi connectivity index (χ1v) is 7.59. The van der Waals surface area contributed by atoms with Crippen LogP contribution in [0.3, 0.4) is 0 Å². The molecule has 0 spiro atoms. The van der Waals surface area contributed by atoms with Gasteiger partial charge in [-0.3, -0.25) is 0 Å². The first-order valence-electron chi connectivity index (χ1n) is 2.35. The molecule has 0 fully saturated rings. The van der Waals surface area contributed by atoms with Crippen molar-refractivity contribution in [3.8, 4) is 0 Å². The first-order chi connectivity index (χ1) is 4.91. The van der Waals surface area contributed by atoms with Gasteiger partial charge in [0, 0.05) is 0 Å². The minimum absolute atomic E-state index is 0. The molecule has 0 bridgehead atoms. The van der Waals surface area contributed by atoms with E-state index < -0.39 is 17.0 Å². The Labute approximate surface area is 93.5 Å². The molecule has 2 nitrogen and oxygen atoms in total. The van der Waals surface area contributed by atoms with Crippen molar-refractivity contribution in [1.29, 1.82) is 0 Å². The first kappa shape index (κ1) is 22.9. The SMILES string of the molecule is C=C.[Cl][Ti+4][Cl].[O-2].[O-2].c1ccsc1. The van der Waals surface area contributed by atoms with Crippen LogP contribution in [0.15, 0.2) is 36.1 Å². The predicted molar refractivity (Wildman–Crippen MR) is 48.7 cm³/mol. The molecular weight excluding hydrogens is 255 g/mol. The normalized spacial score (nSPS) is 5.50.